The van der Waals surface area contributed by atoms with Crippen molar-refractivity contribution >= 4 is 29.9 Å². The van der Waals surface area contributed by atoms with Crippen LogP contribution in [0.1, 0.15) is 45.1 Å². The van der Waals surface area contributed by atoms with E-state index < -0.39 is 0 Å². The summed E-state index contributed by atoms with van der Waals surface area (Å²) < 4.78 is 10.9. The maximum atomic E-state index is 8.93. The molecule has 1 aromatic rings. The van der Waals surface area contributed by atoms with E-state index in [4.69, 9.17) is 19.6 Å². The first kappa shape index (κ1) is 26.8. The molecule has 1 heterocycles. The number of aliphatic imine (C=N–C) groups is 1. The molecule has 0 aliphatic carbocycles. The number of hydrogen-bond donors (Lipinski definition) is 3. The van der Waals surface area contributed by atoms with E-state index >= 15 is 0 Å². The zero-order valence-corrected chi connectivity index (χ0v) is 21.0. The predicted molar refractivity (Wildman–Crippen MR) is 133 cm³/mol. The summed E-state index contributed by atoms with van der Waals surface area (Å²) >= 11 is 0. The summed E-state index contributed by atoms with van der Waals surface area (Å²) in [5.74, 6) is 2.15. The summed E-state index contributed by atoms with van der Waals surface area (Å²) in [6.45, 7) is 9.48. The first-order valence-corrected chi connectivity index (χ1v) is 10.9. The maximum absolute atomic E-state index is 8.93. The fourth-order valence-electron chi connectivity index (χ4n) is 3.45. The zero-order chi connectivity index (χ0) is 20.9. The van der Waals surface area contributed by atoms with Crippen LogP contribution >= 0.6 is 24.0 Å². The molecule has 1 aliphatic heterocycles. The predicted octanol–water partition coefficient (Wildman–Crippen LogP) is 3.00. The molecule has 0 unspecified atom stereocenters. The number of hydrogen-bond acceptors (Lipinski definition) is 5. The van der Waals surface area contributed by atoms with Gasteiger partial charge in [-0.1, -0.05) is 19.4 Å². The summed E-state index contributed by atoms with van der Waals surface area (Å²) in [4.78, 5) is 7.33. The molecule has 1 aliphatic rings. The van der Waals surface area contributed by atoms with Crippen molar-refractivity contribution < 1.29 is 14.6 Å². The van der Waals surface area contributed by atoms with Crippen LogP contribution in [0.4, 0.5) is 0 Å². The Balaban J connectivity index is 0.00000450. The highest BCUT2D eigenvalue weighted by Crippen LogP contribution is 2.28. The normalized spacial score (nSPS) is 15.4. The van der Waals surface area contributed by atoms with Gasteiger partial charge in [0.15, 0.2) is 17.5 Å². The number of rotatable bonds is 11. The third-order valence-electron chi connectivity index (χ3n) is 5.10. The smallest absolute Gasteiger partial charge is 0.191 e. The summed E-state index contributed by atoms with van der Waals surface area (Å²) in [7, 11) is 1.62. The van der Waals surface area contributed by atoms with Gasteiger partial charge >= 0.3 is 0 Å². The molecule has 2 rings (SSSR count). The lowest BCUT2D eigenvalue weighted by molar-refractivity contribution is 0.196. The van der Waals surface area contributed by atoms with Crippen LogP contribution < -0.4 is 20.1 Å². The fraction of sp³-hybridized carbons (Fsp3) is 0.682. The molecule has 3 N–H and O–H groups in total. The van der Waals surface area contributed by atoms with Gasteiger partial charge in [0.05, 0.1) is 20.3 Å². The van der Waals surface area contributed by atoms with Crippen LogP contribution in [-0.2, 0) is 6.54 Å². The van der Waals surface area contributed by atoms with E-state index in [1.165, 1.54) is 19.4 Å². The first-order valence-electron chi connectivity index (χ1n) is 10.9. The van der Waals surface area contributed by atoms with Gasteiger partial charge in [-0.2, -0.15) is 0 Å². The molecule has 0 spiro atoms. The van der Waals surface area contributed by atoms with Crippen LogP contribution in [0, 0.1) is 0 Å². The number of likely N-dealkylation sites (tertiary alicyclic amines) is 1. The van der Waals surface area contributed by atoms with Crippen LogP contribution in [0.25, 0.3) is 0 Å². The number of aliphatic hydroxyl groups excluding tert-OH is 1. The molecule has 0 aromatic heterocycles. The Hall–Kier alpha value is -1.26. The van der Waals surface area contributed by atoms with Crippen LogP contribution in [0.5, 0.6) is 11.5 Å². The van der Waals surface area contributed by atoms with E-state index in [9.17, 15) is 0 Å². The van der Waals surface area contributed by atoms with Crippen molar-refractivity contribution in [2.75, 3.05) is 46.5 Å². The van der Waals surface area contributed by atoms with Gasteiger partial charge in [0.1, 0.15) is 6.61 Å². The largest absolute Gasteiger partial charge is 0.493 e. The minimum Gasteiger partial charge on any atom is -0.493 e. The number of methoxy groups -OCH3 is 1. The van der Waals surface area contributed by atoms with E-state index in [1.54, 1.807) is 7.11 Å². The number of guanidine groups is 1. The highest BCUT2D eigenvalue weighted by molar-refractivity contribution is 14.0. The van der Waals surface area contributed by atoms with Crippen molar-refractivity contribution in [3.8, 4) is 11.5 Å². The molecule has 0 amide bonds. The van der Waals surface area contributed by atoms with Crippen LogP contribution in [0.3, 0.4) is 0 Å². The number of aliphatic hydroxyl groups is 1. The Morgan fingerprint density at radius 2 is 2.00 bits per heavy atom. The van der Waals surface area contributed by atoms with Gasteiger partial charge in [-0.15, -0.1) is 24.0 Å². The second-order valence-corrected chi connectivity index (χ2v) is 7.37. The monoisotopic (exact) mass is 534 g/mol. The zero-order valence-electron chi connectivity index (χ0n) is 18.7. The van der Waals surface area contributed by atoms with Gasteiger partial charge in [0.25, 0.3) is 0 Å². The molecule has 8 heteroatoms. The Morgan fingerprint density at radius 3 is 2.63 bits per heavy atom. The minimum atomic E-state index is -0.0234. The number of piperidine rings is 1. The average molecular weight is 534 g/mol. The van der Waals surface area contributed by atoms with E-state index in [2.05, 4.69) is 29.4 Å². The molecule has 0 saturated carbocycles. The quantitative estimate of drug-likeness (QED) is 0.230. The van der Waals surface area contributed by atoms with Gasteiger partial charge in [0, 0.05) is 25.7 Å². The maximum Gasteiger partial charge on any atom is 0.191 e. The van der Waals surface area contributed by atoms with Gasteiger partial charge in [-0.05, 0) is 50.4 Å². The topological polar surface area (TPSA) is 78.4 Å². The molecule has 1 saturated heterocycles. The van der Waals surface area contributed by atoms with Crippen LogP contribution in [-0.4, -0.2) is 68.5 Å². The van der Waals surface area contributed by atoms with E-state index in [1.807, 2.05) is 18.2 Å². The Kier molecular flexibility index (Phi) is 13.9. The van der Waals surface area contributed by atoms with Crippen molar-refractivity contribution in [1.29, 1.82) is 0 Å². The van der Waals surface area contributed by atoms with Crippen molar-refractivity contribution in [2.45, 2.75) is 52.1 Å². The molecule has 172 valence electrons. The lowest BCUT2D eigenvalue weighted by Gasteiger charge is -2.33. The molecule has 0 atom stereocenters. The van der Waals surface area contributed by atoms with Gasteiger partial charge in [-0.3, -0.25) is 0 Å². The number of unbranched alkanes of at least 4 members (excludes halogenated alkanes) is 1. The SMILES string of the molecule is CCCCN1CCC(NC(=NCc2ccc(OCCO)c(OC)c2)NCC)CC1.I. The molecular weight excluding hydrogens is 495 g/mol. The number of nitrogens with one attached hydrogen (secondary N) is 2. The van der Waals surface area contributed by atoms with Crippen LogP contribution in [0.2, 0.25) is 0 Å². The van der Waals surface area contributed by atoms with Crippen LogP contribution in [0.15, 0.2) is 23.2 Å². The molecule has 1 fully saturated rings. The van der Waals surface area contributed by atoms with E-state index in [0.29, 0.717) is 24.1 Å². The van der Waals surface area contributed by atoms with Gasteiger partial charge in [-0.25, -0.2) is 4.99 Å². The molecule has 7 nitrogen and oxygen atoms in total. The third-order valence-corrected chi connectivity index (χ3v) is 5.10. The number of ether oxygens (including phenoxy) is 2. The molecule has 1 aromatic carbocycles. The van der Waals surface area contributed by atoms with Crippen molar-refractivity contribution in [2.24, 2.45) is 4.99 Å². The Labute approximate surface area is 198 Å². The summed E-state index contributed by atoms with van der Waals surface area (Å²) in [5.41, 5.74) is 1.05. The summed E-state index contributed by atoms with van der Waals surface area (Å²) in [6, 6.07) is 6.25. The summed E-state index contributed by atoms with van der Waals surface area (Å²) in [6.07, 6.45) is 4.85. The first-order chi connectivity index (χ1) is 14.2. The highest BCUT2D eigenvalue weighted by atomic mass is 127. The lowest BCUT2D eigenvalue weighted by atomic mass is 10.0. The minimum absolute atomic E-state index is 0. The number of halogens is 1. The van der Waals surface area contributed by atoms with Crippen molar-refractivity contribution in [3.63, 3.8) is 0 Å². The standard InChI is InChI=1S/C22H38N4O3.HI/c1-4-6-11-26-12-9-19(10-13-26)25-22(23-5-2)24-17-18-7-8-20(29-15-14-27)21(16-18)28-3;/h7-8,16,19,27H,4-6,9-15,17H2,1-3H3,(H2,23,24,25);1H. The van der Waals surface area contributed by atoms with Crippen molar-refractivity contribution in [1.82, 2.24) is 15.5 Å². The third kappa shape index (κ3) is 9.26. The fourth-order valence-corrected chi connectivity index (χ4v) is 3.45. The van der Waals surface area contributed by atoms with Gasteiger partial charge < -0.3 is 30.1 Å². The number of nitrogens with zero attached hydrogens (tertiary/aromatic N) is 2. The van der Waals surface area contributed by atoms with E-state index in [0.717, 1.165) is 44.0 Å². The molecule has 0 radical (unpaired) electrons. The Bertz CT molecular complexity index is 622. The van der Waals surface area contributed by atoms with E-state index in [-0.39, 0.29) is 37.2 Å². The summed E-state index contributed by atoms with van der Waals surface area (Å²) in [5, 5.41) is 15.9. The Morgan fingerprint density at radius 1 is 1.23 bits per heavy atom. The lowest BCUT2D eigenvalue weighted by Crippen LogP contribution is -2.48. The molecule has 30 heavy (non-hydrogen) atoms. The molecular formula is C22H39IN4O3. The average Bonchev–Trinajstić information content (AvgIpc) is 2.76. The second-order valence-electron chi connectivity index (χ2n) is 7.37. The second kappa shape index (κ2) is 15.5. The number of benzene rings is 1. The van der Waals surface area contributed by atoms with Gasteiger partial charge in [0.2, 0.25) is 0 Å². The van der Waals surface area contributed by atoms with Crippen molar-refractivity contribution in [3.05, 3.63) is 23.8 Å². The highest BCUT2D eigenvalue weighted by Gasteiger charge is 2.19. The molecule has 0 bridgehead atoms.